The summed E-state index contributed by atoms with van der Waals surface area (Å²) in [6.07, 6.45) is 2.92. The fourth-order valence-electron chi connectivity index (χ4n) is 3.33. The van der Waals surface area contributed by atoms with E-state index in [0.717, 1.165) is 67.0 Å². The van der Waals surface area contributed by atoms with E-state index in [0.29, 0.717) is 6.04 Å². The Kier molecular flexibility index (Phi) is 7.39. The third-order valence-electron chi connectivity index (χ3n) is 4.81. The standard InChI is InChI=1S/C20H28ClN5OS/c1-4-19-24-16(13-28-19)7-9-23-20(22-2)25-15-8-10-26(12-15)17-11-14(21)5-6-18(17)27-3/h5-6,11,13,15H,4,7-10,12H2,1-3H3,(H2,22,23,25). The quantitative estimate of drug-likeness (QED) is 0.530. The molecule has 2 heterocycles. The van der Waals surface area contributed by atoms with Crippen LogP contribution in [0, 0.1) is 0 Å². The highest BCUT2D eigenvalue weighted by Crippen LogP contribution is 2.33. The highest BCUT2D eigenvalue weighted by molar-refractivity contribution is 7.09. The second-order valence-electron chi connectivity index (χ2n) is 6.73. The molecule has 2 N–H and O–H groups in total. The molecule has 1 aromatic heterocycles. The molecular formula is C20H28ClN5OS. The molecular weight excluding hydrogens is 394 g/mol. The number of aliphatic imine (C=N–C) groups is 1. The number of aryl methyl sites for hydroxylation is 1. The molecule has 1 saturated heterocycles. The van der Waals surface area contributed by atoms with Crippen LogP contribution in [0.5, 0.6) is 5.75 Å². The van der Waals surface area contributed by atoms with Gasteiger partial charge < -0.3 is 20.3 Å². The fourth-order valence-corrected chi connectivity index (χ4v) is 4.28. The number of halogens is 1. The van der Waals surface area contributed by atoms with Gasteiger partial charge in [0, 0.05) is 49.5 Å². The molecule has 1 aromatic carbocycles. The molecule has 0 amide bonds. The van der Waals surface area contributed by atoms with Crippen LogP contribution >= 0.6 is 22.9 Å². The van der Waals surface area contributed by atoms with E-state index in [2.05, 4.69) is 37.8 Å². The number of hydrogen-bond donors (Lipinski definition) is 2. The van der Waals surface area contributed by atoms with E-state index >= 15 is 0 Å². The molecule has 1 aliphatic rings. The predicted molar refractivity (Wildman–Crippen MR) is 118 cm³/mol. The third-order valence-corrected chi connectivity index (χ3v) is 6.09. The zero-order chi connectivity index (χ0) is 19.9. The van der Waals surface area contributed by atoms with Crippen LogP contribution in [0.3, 0.4) is 0 Å². The summed E-state index contributed by atoms with van der Waals surface area (Å²) in [6.45, 7) is 4.77. The maximum atomic E-state index is 6.18. The highest BCUT2D eigenvalue weighted by atomic mass is 35.5. The van der Waals surface area contributed by atoms with Crippen molar-refractivity contribution < 1.29 is 4.74 Å². The molecule has 6 nitrogen and oxygen atoms in total. The van der Waals surface area contributed by atoms with Crippen molar-refractivity contribution in [3.05, 3.63) is 39.3 Å². The number of ether oxygens (including phenoxy) is 1. The van der Waals surface area contributed by atoms with E-state index in [1.165, 1.54) is 5.01 Å². The molecule has 3 rings (SSSR count). The number of nitrogens with one attached hydrogen (secondary N) is 2. The van der Waals surface area contributed by atoms with Crippen molar-refractivity contribution >= 4 is 34.6 Å². The summed E-state index contributed by atoms with van der Waals surface area (Å²) in [5, 5.41) is 11.0. The Balaban J connectivity index is 1.50. The van der Waals surface area contributed by atoms with Crippen LogP contribution in [0.1, 0.15) is 24.0 Å². The Morgan fingerprint density at radius 1 is 1.46 bits per heavy atom. The number of nitrogens with zero attached hydrogens (tertiary/aromatic N) is 3. The first kappa shape index (κ1) is 20.7. The Bertz CT molecular complexity index is 810. The largest absolute Gasteiger partial charge is 0.495 e. The molecule has 0 radical (unpaired) electrons. The summed E-state index contributed by atoms with van der Waals surface area (Å²) in [5.41, 5.74) is 2.18. The first-order chi connectivity index (χ1) is 13.6. The van der Waals surface area contributed by atoms with E-state index in [-0.39, 0.29) is 0 Å². The van der Waals surface area contributed by atoms with Gasteiger partial charge >= 0.3 is 0 Å². The minimum absolute atomic E-state index is 0.320. The second-order valence-corrected chi connectivity index (χ2v) is 8.11. The van der Waals surface area contributed by atoms with E-state index in [9.17, 15) is 0 Å². The van der Waals surface area contributed by atoms with Gasteiger partial charge in [0.1, 0.15) is 5.75 Å². The van der Waals surface area contributed by atoms with Crippen molar-refractivity contribution in [2.75, 3.05) is 38.7 Å². The van der Waals surface area contributed by atoms with Gasteiger partial charge in [0.25, 0.3) is 0 Å². The van der Waals surface area contributed by atoms with E-state index in [1.807, 2.05) is 18.2 Å². The zero-order valence-corrected chi connectivity index (χ0v) is 18.2. The summed E-state index contributed by atoms with van der Waals surface area (Å²) >= 11 is 7.91. The van der Waals surface area contributed by atoms with E-state index in [1.54, 1.807) is 25.5 Å². The lowest BCUT2D eigenvalue weighted by Gasteiger charge is -2.22. The monoisotopic (exact) mass is 421 g/mol. The Hall–Kier alpha value is -1.99. The van der Waals surface area contributed by atoms with Gasteiger partial charge in [-0.15, -0.1) is 11.3 Å². The van der Waals surface area contributed by atoms with Gasteiger partial charge in [-0.3, -0.25) is 4.99 Å². The molecule has 0 spiro atoms. The van der Waals surface area contributed by atoms with Gasteiger partial charge in [-0.1, -0.05) is 18.5 Å². The Labute approximate surface area is 176 Å². The summed E-state index contributed by atoms with van der Waals surface area (Å²) in [4.78, 5) is 11.3. The van der Waals surface area contributed by atoms with Crippen molar-refractivity contribution in [3.63, 3.8) is 0 Å². The molecule has 1 atom stereocenters. The molecule has 0 aliphatic carbocycles. The highest BCUT2D eigenvalue weighted by Gasteiger charge is 2.25. The van der Waals surface area contributed by atoms with Crippen molar-refractivity contribution in [1.29, 1.82) is 0 Å². The summed E-state index contributed by atoms with van der Waals surface area (Å²) < 4.78 is 5.49. The maximum Gasteiger partial charge on any atom is 0.191 e. The zero-order valence-electron chi connectivity index (χ0n) is 16.7. The van der Waals surface area contributed by atoms with Gasteiger partial charge in [-0.25, -0.2) is 4.98 Å². The molecule has 2 aromatic rings. The van der Waals surface area contributed by atoms with Gasteiger partial charge in [0.05, 0.1) is 23.5 Å². The van der Waals surface area contributed by atoms with Crippen LogP contribution in [0.2, 0.25) is 5.02 Å². The van der Waals surface area contributed by atoms with Gasteiger partial charge in [0.2, 0.25) is 0 Å². The van der Waals surface area contributed by atoms with Crippen LogP contribution in [0.4, 0.5) is 5.69 Å². The summed E-state index contributed by atoms with van der Waals surface area (Å²) in [7, 11) is 3.50. The lowest BCUT2D eigenvalue weighted by Crippen LogP contribution is -2.45. The number of rotatable bonds is 7. The molecule has 8 heteroatoms. The van der Waals surface area contributed by atoms with Gasteiger partial charge in [0.15, 0.2) is 5.96 Å². The summed E-state index contributed by atoms with van der Waals surface area (Å²) in [6, 6.07) is 6.06. The first-order valence-corrected chi connectivity index (χ1v) is 10.9. The van der Waals surface area contributed by atoms with Crippen molar-refractivity contribution in [1.82, 2.24) is 15.6 Å². The molecule has 1 unspecified atom stereocenters. The van der Waals surface area contributed by atoms with Crippen LogP contribution in [-0.4, -0.2) is 50.8 Å². The summed E-state index contributed by atoms with van der Waals surface area (Å²) in [5.74, 6) is 1.68. The van der Waals surface area contributed by atoms with Crippen LogP contribution in [-0.2, 0) is 12.8 Å². The number of aromatic nitrogens is 1. The lowest BCUT2D eigenvalue weighted by molar-refractivity contribution is 0.415. The SMILES string of the molecule is CCc1nc(CCNC(=NC)NC2CCN(c3cc(Cl)ccc3OC)C2)cs1. The van der Waals surface area contributed by atoms with E-state index in [4.69, 9.17) is 16.3 Å². The lowest BCUT2D eigenvalue weighted by atomic mass is 10.2. The number of hydrogen-bond acceptors (Lipinski definition) is 5. The first-order valence-electron chi connectivity index (χ1n) is 9.61. The van der Waals surface area contributed by atoms with Crippen molar-refractivity contribution in [3.8, 4) is 5.75 Å². The van der Waals surface area contributed by atoms with Gasteiger partial charge in [-0.2, -0.15) is 0 Å². The number of guanidine groups is 1. The number of benzene rings is 1. The number of thiazole rings is 1. The van der Waals surface area contributed by atoms with Crippen molar-refractivity contribution in [2.24, 2.45) is 4.99 Å². The molecule has 0 saturated carbocycles. The normalized spacial score (nSPS) is 17.1. The maximum absolute atomic E-state index is 6.18. The number of methoxy groups -OCH3 is 1. The van der Waals surface area contributed by atoms with Crippen LogP contribution in [0.15, 0.2) is 28.6 Å². The average Bonchev–Trinajstić information content (AvgIpc) is 3.36. The smallest absolute Gasteiger partial charge is 0.191 e. The molecule has 152 valence electrons. The topological polar surface area (TPSA) is 61.8 Å². The molecule has 0 bridgehead atoms. The average molecular weight is 422 g/mol. The van der Waals surface area contributed by atoms with Crippen LogP contribution in [0.25, 0.3) is 0 Å². The number of anilines is 1. The fraction of sp³-hybridized carbons (Fsp3) is 0.500. The molecule has 1 aliphatic heterocycles. The molecule has 1 fully saturated rings. The molecule has 28 heavy (non-hydrogen) atoms. The Morgan fingerprint density at radius 2 is 2.32 bits per heavy atom. The van der Waals surface area contributed by atoms with Gasteiger partial charge in [-0.05, 0) is 31.0 Å². The predicted octanol–water partition coefficient (Wildman–Crippen LogP) is 3.35. The van der Waals surface area contributed by atoms with E-state index < -0.39 is 0 Å². The van der Waals surface area contributed by atoms with Crippen LogP contribution < -0.4 is 20.3 Å². The minimum atomic E-state index is 0.320. The Morgan fingerprint density at radius 3 is 3.04 bits per heavy atom. The second kappa shape index (κ2) is 9.98. The third kappa shape index (κ3) is 5.29. The van der Waals surface area contributed by atoms with Crippen molar-refractivity contribution in [2.45, 2.75) is 32.2 Å². The minimum Gasteiger partial charge on any atom is -0.495 e.